The van der Waals surface area contributed by atoms with Crippen molar-refractivity contribution in [3.05, 3.63) is 24.3 Å². The molecule has 2 aliphatic rings. The van der Waals surface area contributed by atoms with Crippen LogP contribution in [0.15, 0.2) is 24.3 Å². The summed E-state index contributed by atoms with van der Waals surface area (Å²) in [5.41, 5.74) is 1.68. The van der Waals surface area contributed by atoms with E-state index in [1.807, 2.05) is 0 Å². The van der Waals surface area contributed by atoms with E-state index in [1.54, 1.807) is 0 Å². The Hall–Kier alpha value is -0.0900. The van der Waals surface area contributed by atoms with Gasteiger partial charge in [-0.2, -0.15) is 0 Å². The summed E-state index contributed by atoms with van der Waals surface area (Å²) in [6.07, 6.45) is 9.23. The van der Waals surface area contributed by atoms with Gasteiger partial charge in [0, 0.05) is 11.3 Å². The number of fused-ring (bicyclic) bond motifs is 2. The van der Waals surface area contributed by atoms with E-state index < -0.39 is 0 Å². The van der Waals surface area contributed by atoms with Crippen LogP contribution in [0.2, 0.25) is 0 Å². The second kappa shape index (κ2) is 1.20. The zero-order valence-corrected chi connectivity index (χ0v) is 4.96. The number of hydrogen-bond donors (Lipinski definition) is 0. The lowest BCUT2D eigenvalue weighted by Crippen LogP contribution is -1.80. The Labute approximate surface area is 45.1 Å². The third-order valence-electron chi connectivity index (χ3n) is 1.44. The fourth-order valence-electron chi connectivity index (χ4n) is 1.05. The van der Waals surface area contributed by atoms with Crippen LogP contribution in [0.3, 0.4) is 0 Å². The molecule has 0 spiro atoms. The Morgan fingerprint density at radius 1 is 0.857 bits per heavy atom. The van der Waals surface area contributed by atoms with Crippen LogP contribution in [-0.2, 0) is 0 Å². The summed E-state index contributed by atoms with van der Waals surface area (Å²) in [5.74, 6) is 0. The van der Waals surface area contributed by atoms with Gasteiger partial charge in [-0.25, -0.2) is 0 Å². The van der Waals surface area contributed by atoms with Gasteiger partial charge in [-0.3, -0.25) is 0 Å². The largest absolute Gasteiger partial charge is 0.0998 e. The van der Waals surface area contributed by atoms with Crippen molar-refractivity contribution in [1.82, 2.24) is 0 Å². The number of hydrogen-bond acceptors (Lipinski definition) is 0. The molecule has 0 radical (unpaired) electrons. The molecular weight excluding hydrogens is 103 g/mol. The molecule has 0 atom stereocenters. The van der Waals surface area contributed by atoms with Crippen molar-refractivity contribution in [1.29, 1.82) is 0 Å². The van der Waals surface area contributed by atoms with E-state index in [0.717, 1.165) is 19.9 Å². The van der Waals surface area contributed by atoms with E-state index in [1.165, 1.54) is 0 Å². The number of rotatable bonds is 0. The molecule has 2 aliphatic heterocycles. The van der Waals surface area contributed by atoms with Crippen LogP contribution in [0.25, 0.3) is 0 Å². The molecule has 1 heteroatoms. The maximum absolute atomic E-state index is 2.31. The van der Waals surface area contributed by atoms with Gasteiger partial charge < -0.3 is 0 Å². The van der Waals surface area contributed by atoms with Gasteiger partial charge in [-0.05, 0) is 0 Å². The molecule has 0 saturated carbocycles. The Morgan fingerprint density at radius 2 is 1.29 bits per heavy atom. The molecular formula is C6H7P. The normalized spacial score (nSPS) is 46.9. The first-order valence-electron chi connectivity index (χ1n) is 2.58. The van der Waals surface area contributed by atoms with Crippen LogP contribution in [0.1, 0.15) is 0 Å². The van der Waals surface area contributed by atoms with Gasteiger partial charge in [-0.15, -0.1) is 0 Å². The van der Waals surface area contributed by atoms with Crippen molar-refractivity contribution in [2.75, 3.05) is 0 Å². The minimum atomic E-state index is 0.838. The van der Waals surface area contributed by atoms with E-state index in [0.29, 0.717) is 0 Å². The van der Waals surface area contributed by atoms with Gasteiger partial charge >= 0.3 is 0 Å². The first kappa shape index (κ1) is 3.86. The molecule has 2 rings (SSSR count). The van der Waals surface area contributed by atoms with Gasteiger partial charge in [0.2, 0.25) is 0 Å². The van der Waals surface area contributed by atoms with Crippen LogP contribution in [0.4, 0.5) is 0 Å². The fraction of sp³-hybridized carbons (Fsp3) is 0.333. The molecule has 2 bridgehead atoms. The highest BCUT2D eigenvalue weighted by Gasteiger charge is 2.18. The van der Waals surface area contributed by atoms with Crippen LogP contribution < -0.4 is 0 Å². The van der Waals surface area contributed by atoms with Crippen molar-refractivity contribution >= 4 is 8.58 Å². The van der Waals surface area contributed by atoms with Gasteiger partial charge in [0.15, 0.2) is 0 Å². The van der Waals surface area contributed by atoms with Crippen LogP contribution in [0, 0.1) is 0 Å². The third kappa shape index (κ3) is 0.467. The average Bonchev–Trinajstić information content (AvgIpc) is 2.22. The second-order valence-corrected chi connectivity index (χ2v) is 3.65. The van der Waals surface area contributed by atoms with Crippen LogP contribution in [-0.4, -0.2) is 11.3 Å². The fourth-order valence-corrected chi connectivity index (χ4v) is 2.38. The second-order valence-electron chi connectivity index (χ2n) is 1.99. The maximum atomic E-state index is 2.31. The van der Waals surface area contributed by atoms with E-state index in [-0.39, 0.29) is 0 Å². The first-order chi connectivity index (χ1) is 3.45. The Bertz CT molecular complexity index is 107. The van der Waals surface area contributed by atoms with Crippen LogP contribution in [0.5, 0.6) is 0 Å². The van der Waals surface area contributed by atoms with Crippen molar-refractivity contribution in [2.24, 2.45) is 0 Å². The maximum Gasteiger partial charge on any atom is 0.0131 e. The van der Waals surface area contributed by atoms with Gasteiger partial charge in [0.1, 0.15) is 0 Å². The van der Waals surface area contributed by atoms with Gasteiger partial charge in [0.05, 0.1) is 0 Å². The quantitative estimate of drug-likeness (QED) is 0.328. The molecule has 0 fully saturated rings. The Morgan fingerprint density at radius 3 is 1.43 bits per heavy atom. The van der Waals surface area contributed by atoms with E-state index in [4.69, 9.17) is 0 Å². The molecule has 0 amide bonds. The van der Waals surface area contributed by atoms with Crippen LogP contribution >= 0.6 is 8.58 Å². The average molecular weight is 110 g/mol. The summed E-state index contributed by atoms with van der Waals surface area (Å²) < 4.78 is 0. The summed E-state index contributed by atoms with van der Waals surface area (Å²) in [4.78, 5) is 0. The molecule has 0 unspecified atom stereocenters. The number of allylic oxidation sites excluding steroid dienone is 4. The molecule has 2 heterocycles. The molecule has 36 valence electrons. The predicted octanol–water partition coefficient (Wildman–Crippen LogP) is 1.54. The highest BCUT2D eigenvalue weighted by molar-refractivity contribution is 7.41. The molecule has 0 aromatic carbocycles. The van der Waals surface area contributed by atoms with Gasteiger partial charge in [0.25, 0.3) is 0 Å². The minimum Gasteiger partial charge on any atom is -0.0998 e. The zero-order chi connectivity index (χ0) is 4.69. The van der Waals surface area contributed by atoms with Crippen molar-refractivity contribution in [3.8, 4) is 0 Å². The summed E-state index contributed by atoms with van der Waals surface area (Å²) in [7, 11) is 1.15. The SMILES string of the molecule is C1=CC2C=CC1P2. The highest BCUT2D eigenvalue weighted by atomic mass is 31.1. The molecule has 0 nitrogen and oxygen atoms in total. The van der Waals surface area contributed by atoms with Crippen molar-refractivity contribution in [3.63, 3.8) is 0 Å². The smallest absolute Gasteiger partial charge is 0.0131 e. The lowest BCUT2D eigenvalue weighted by atomic mass is 10.2. The van der Waals surface area contributed by atoms with E-state index in [2.05, 4.69) is 24.3 Å². The Balaban J connectivity index is 2.38. The topological polar surface area (TPSA) is 0 Å². The summed E-state index contributed by atoms with van der Waals surface area (Å²) >= 11 is 0. The lowest BCUT2D eigenvalue weighted by Gasteiger charge is -1.89. The Kier molecular flexibility index (Phi) is 0.660. The molecule has 0 saturated heterocycles. The molecule has 0 aromatic heterocycles. The predicted molar refractivity (Wildman–Crippen MR) is 34.2 cm³/mol. The standard InChI is InChI=1S/C6H7P/c1-2-6-4-3-5(1)7-6/h1-7H. The minimum absolute atomic E-state index is 0.838. The van der Waals surface area contributed by atoms with Crippen molar-refractivity contribution < 1.29 is 0 Å². The molecule has 0 N–H and O–H groups in total. The molecule has 0 aliphatic carbocycles. The zero-order valence-electron chi connectivity index (χ0n) is 3.96. The van der Waals surface area contributed by atoms with E-state index in [9.17, 15) is 0 Å². The summed E-state index contributed by atoms with van der Waals surface area (Å²) in [6, 6.07) is 0. The van der Waals surface area contributed by atoms with E-state index >= 15 is 0 Å². The monoisotopic (exact) mass is 110 g/mol. The summed E-state index contributed by atoms with van der Waals surface area (Å²) in [6.45, 7) is 0. The summed E-state index contributed by atoms with van der Waals surface area (Å²) in [5, 5.41) is 0. The van der Waals surface area contributed by atoms with Crippen molar-refractivity contribution in [2.45, 2.75) is 11.3 Å². The third-order valence-corrected chi connectivity index (χ3v) is 2.98. The molecule has 7 heavy (non-hydrogen) atoms. The highest BCUT2D eigenvalue weighted by Crippen LogP contribution is 2.40. The first-order valence-corrected chi connectivity index (χ1v) is 3.73. The molecule has 0 aromatic rings. The lowest BCUT2D eigenvalue weighted by molar-refractivity contribution is 1.35. The van der Waals surface area contributed by atoms with Gasteiger partial charge in [-0.1, -0.05) is 32.9 Å².